The third-order valence-corrected chi connectivity index (χ3v) is 6.05. The highest BCUT2D eigenvalue weighted by Gasteiger charge is 2.27. The van der Waals surface area contributed by atoms with E-state index < -0.39 is 22.5 Å². The van der Waals surface area contributed by atoms with Crippen LogP contribution in [0.3, 0.4) is 0 Å². The number of aromatic nitrogens is 1. The van der Waals surface area contributed by atoms with Crippen LogP contribution in [0.15, 0.2) is 82.9 Å². The minimum Gasteiger partial charge on any atom is -0.271 e. The van der Waals surface area contributed by atoms with E-state index in [2.05, 4.69) is 15.5 Å². The van der Waals surface area contributed by atoms with E-state index in [1.165, 1.54) is 18.3 Å². The van der Waals surface area contributed by atoms with Crippen LogP contribution in [0.4, 0.5) is 5.69 Å². The molecule has 0 unspecified atom stereocenters. The lowest BCUT2D eigenvalue weighted by molar-refractivity contribution is -0.119. The molecule has 1 amide bonds. The zero-order valence-electron chi connectivity index (χ0n) is 16.7. The number of benzene rings is 2. The predicted octanol–water partition coefficient (Wildman–Crippen LogP) is 3.04. The Balaban J connectivity index is 1.85. The van der Waals surface area contributed by atoms with Crippen LogP contribution in [-0.4, -0.2) is 32.1 Å². The number of pyridine rings is 1. The molecule has 0 aliphatic rings. The molecule has 0 aliphatic carbocycles. The number of rotatable bonds is 7. The molecular weight excluding hydrogens is 400 g/mol. The van der Waals surface area contributed by atoms with E-state index in [0.29, 0.717) is 11.4 Å². The highest BCUT2D eigenvalue weighted by atomic mass is 32.2. The fourth-order valence-electron chi connectivity index (χ4n) is 2.72. The summed E-state index contributed by atoms with van der Waals surface area (Å²) >= 11 is 0. The molecule has 0 fully saturated rings. The van der Waals surface area contributed by atoms with Crippen LogP contribution in [0.1, 0.15) is 16.8 Å². The lowest BCUT2D eigenvalue weighted by atomic mass is 10.2. The van der Waals surface area contributed by atoms with Crippen LogP contribution in [-0.2, 0) is 14.8 Å². The molecule has 154 valence electrons. The van der Waals surface area contributed by atoms with Crippen LogP contribution >= 0.6 is 0 Å². The maximum Gasteiger partial charge on any atom is 0.264 e. The molecule has 7 nitrogen and oxygen atoms in total. The summed E-state index contributed by atoms with van der Waals surface area (Å²) in [5.41, 5.74) is 5.16. The molecular formula is C22H22N4O3S. The van der Waals surface area contributed by atoms with Gasteiger partial charge in [0, 0.05) is 6.20 Å². The predicted molar refractivity (Wildman–Crippen MR) is 117 cm³/mol. The summed E-state index contributed by atoms with van der Waals surface area (Å²) in [5.74, 6) is -0.570. The number of hydrogen-bond donors (Lipinski definition) is 1. The molecule has 3 rings (SSSR count). The SMILES string of the molecule is Cc1ccc(S(=O)(=O)N(CC(=O)N/N=C\c2ccccn2)c2cccc(C)c2)cc1. The van der Waals surface area contributed by atoms with Crippen molar-refractivity contribution in [2.45, 2.75) is 18.7 Å². The molecule has 8 heteroatoms. The van der Waals surface area contributed by atoms with Crippen molar-refractivity contribution in [3.05, 3.63) is 89.7 Å². The Labute approximate surface area is 176 Å². The van der Waals surface area contributed by atoms with Gasteiger partial charge in [0.15, 0.2) is 0 Å². The Hall–Kier alpha value is -3.52. The first-order valence-electron chi connectivity index (χ1n) is 9.25. The zero-order chi connectivity index (χ0) is 21.6. The average Bonchev–Trinajstić information content (AvgIpc) is 2.73. The van der Waals surface area contributed by atoms with Crippen molar-refractivity contribution in [2.24, 2.45) is 5.10 Å². The van der Waals surface area contributed by atoms with Gasteiger partial charge in [0.25, 0.3) is 15.9 Å². The molecule has 0 bridgehead atoms. The summed E-state index contributed by atoms with van der Waals surface area (Å²) in [4.78, 5) is 16.7. The van der Waals surface area contributed by atoms with Crippen LogP contribution in [0.25, 0.3) is 0 Å². The maximum atomic E-state index is 13.3. The van der Waals surface area contributed by atoms with E-state index in [4.69, 9.17) is 0 Å². The van der Waals surface area contributed by atoms with Crippen molar-refractivity contribution in [2.75, 3.05) is 10.8 Å². The Bertz CT molecular complexity index is 1140. The van der Waals surface area contributed by atoms with Crippen molar-refractivity contribution >= 4 is 27.8 Å². The Morgan fingerprint density at radius 3 is 2.47 bits per heavy atom. The van der Waals surface area contributed by atoms with E-state index in [1.807, 2.05) is 19.9 Å². The van der Waals surface area contributed by atoms with Crippen LogP contribution in [0.5, 0.6) is 0 Å². The van der Waals surface area contributed by atoms with Crippen molar-refractivity contribution < 1.29 is 13.2 Å². The summed E-state index contributed by atoms with van der Waals surface area (Å²) in [5, 5.41) is 3.86. The average molecular weight is 423 g/mol. The number of carbonyl (C=O) groups excluding carboxylic acids is 1. The largest absolute Gasteiger partial charge is 0.271 e. The van der Waals surface area contributed by atoms with Gasteiger partial charge in [-0.15, -0.1) is 0 Å². The first-order valence-corrected chi connectivity index (χ1v) is 10.7. The Morgan fingerprint density at radius 2 is 1.80 bits per heavy atom. The Morgan fingerprint density at radius 1 is 1.03 bits per heavy atom. The van der Waals surface area contributed by atoms with Gasteiger partial charge in [-0.25, -0.2) is 13.8 Å². The maximum absolute atomic E-state index is 13.3. The summed E-state index contributed by atoms with van der Waals surface area (Å²) in [6, 6.07) is 18.8. The van der Waals surface area contributed by atoms with Gasteiger partial charge in [-0.05, 0) is 55.8 Å². The van der Waals surface area contributed by atoms with E-state index in [1.54, 1.807) is 54.7 Å². The minimum atomic E-state index is -3.95. The summed E-state index contributed by atoms with van der Waals surface area (Å²) < 4.78 is 27.6. The Kier molecular flexibility index (Phi) is 6.58. The number of anilines is 1. The van der Waals surface area contributed by atoms with E-state index in [9.17, 15) is 13.2 Å². The highest BCUT2D eigenvalue weighted by molar-refractivity contribution is 7.92. The van der Waals surface area contributed by atoms with Gasteiger partial charge in [0.2, 0.25) is 0 Å². The molecule has 2 aromatic carbocycles. The van der Waals surface area contributed by atoms with Gasteiger partial charge in [0.05, 0.1) is 22.5 Å². The summed E-state index contributed by atoms with van der Waals surface area (Å²) in [7, 11) is -3.95. The number of sulfonamides is 1. The van der Waals surface area contributed by atoms with Crippen LogP contribution in [0, 0.1) is 13.8 Å². The van der Waals surface area contributed by atoms with Gasteiger partial charge in [-0.1, -0.05) is 35.9 Å². The normalized spacial score (nSPS) is 11.4. The smallest absolute Gasteiger partial charge is 0.264 e. The topological polar surface area (TPSA) is 91.7 Å². The second-order valence-electron chi connectivity index (χ2n) is 6.71. The number of hydrogen-bond acceptors (Lipinski definition) is 5. The van der Waals surface area contributed by atoms with E-state index in [0.717, 1.165) is 15.4 Å². The van der Waals surface area contributed by atoms with Crippen molar-refractivity contribution in [1.82, 2.24) is 10.4 Å². The fraction of sp³-hybridized carbons (Fsp3) is 0.136. The standard InChI is InChI=1S/C22H22N4O3S/c1-17-9-11-21(12-10-17)30(28,29)26(20-8-5-6-18(2)14-20)16-22(27)25-24-15-19-7-3-4-13-23-19/h3-15H,16H2,1-2H3,(H,25,27)/b24-15-. The van der Waals surface area contributed by atoms with Gasteiger partial charge < -0.3 is 0 Å². The summed E-state index contributed by atoms with van der Waals surface area (Å²) in [6.07, 6.45) is 3.00. The van der Waals surface area contributed by atoms with Crippen LogP contribution < -0.4 is 9.73 Å². The molecule has 0 spiro atoms. The third-order valence-electron chi connectivity index (χ3n) is 4.26. The molecule has 0 atom stereocenters. The lowest BCUT2D eigenvalue weighted by Gasteiger charge is -2.24. The quantitative estimate of drug-likeness (QED) is 0.468. The molecule has 0 radical (unpaired) electrons. The van der Waals surface area contributed by atoms with E-state index in [-0.39, 0.29) is 4.90 Å². The van der Waals surface area contributed by atoms with Gasteiger partial charge >= 0.3 is 0 Å². The molecule has 0 saturated heterocycles. The molecule has 1 heterocycles. The first-order chi connectivity index (χ1) is 14.4. The molecule has 3 aromatic rings. The number of carbonyl (C=O) groups is 1. The minimum absolute atomic E-state index is 0.111. The monoisotopic (exact) mass is 422 g/mol. The molecule has 0 aliphatic heterocycles. The van der Waals surface area contributed by atoms with Gasteiger partial charge in [0.1, 0.15) is 6.54 Å². The van der Waals surface area contributed by atoms with Gasteiger partial charge in [-0.3, -0.25) is 14.1 Å². The fourth-order valence-corrected chi connectivity index (χ4v) is 4.14. The lowest BCUT2D eigenvalue weighted by Crippen LogP contribution is -2.39. The number of aryl methyl sites for hydroxylation is 2. The number of hydrazone groups is 1. The summed E-state index contributed by atoms with van der Waals surface area (Å²) in [6.45, 7) is 3.32. The first kappa shape index (κ1) is 21.2. The van der Waals surface area contributed by atoms with Crippen LogP contribution in [0.2, 0.25) is 0 Å². The third kappa shape index (κ3) is 5.30. The van der Waals surface area contributed by atoms with Gasteiger partial charge in [-0.2, -0.15) is 5.10 Å². The van der Waals surface area contributed by atoms with Crippen molar-refractivity contribution in [3.8, 4) is 0 Å². The zero-order valence-corrected chi connectivity index (χ0v) is 17.5. The molecule has 1 N–H and O–H groups in total. The number of nitrogens with zero attached hydrogens (tertiary/aromatic N) is 3. The van der Waals surface area contributed by atoms with Crippen molar-refractivity contribution in [3.63, 3.8) is 0 Å². The molecule has 1 aromatic heterocycles. The highest BCUT2D eigenvalue weighted by Crippen LogP contribution is 2.24. The number of amides is 1. The second kappa shape index (κ2) is 9.32. The van der Waals surface area contributed by atoms with Crippen molar-refractivity contribution in [1.29, 1.82) is 0 Å². The molecule has 0 saturated carbocycles. The number of nitrogens with one attached hydrogen (secondary N) is 1. The second-order valence-corrected chi connectivity index (χ2v) is 8.57. The van der Waals surface area contributed by atoms with E-state index >= 15 is 0 Å². The molecule has 30 heavy (non-hydrogen) atoms.